The summed E-state index contributed by atoms with van der Waals surface area (Å²) in [4.78, 5) is 4.25. The molecule has 0 aromatic heterocycles. The van der Waals surface area contributed by atoms with Gasteiger partial charge in [-0.1, -0.05) is 13.8 Å². The lowest BCUT2D eigenvalue weighted by molar-refractivity contribution is 0.307. The first kappa shape index (κ1) is 8.85. The van der Waals surface area contributed by atoms with Gasteiger partial charge in [-0.3, -0.25) is 0 Å². The van der Waals surface area contributed by atoms with Crippen LogP contribution in [-0.4, -0.2) is 25.2 Å². The molecule has 1 aliphatic carbocycles. The monoisotopic (exact) mass is 182 g/mol. The van der Waals surface area contributed by atoms with E-state index < -0.39 is 0 Å². The molecule has 0 saturated heterocycles. The number of nitrogens with zero attached hydrogens (tertiary/aromatic N) is 1. The molecule has 3 nitrogen and oxygen atoms in total. The Kier molecular flexibility index (Phi) is 2.42. The van der Waals surface area contributed by atoms with Gasteiger partial charge in [0, 0.05) is 6.04 Å². The van der Waals surface area contributed by atoms with E-state index in [0.29, 0.717) is 6.04 Å². The minimum atomic E-state index is 0.567. The summed E-state index contributed by atoms with van der Waals surface area (Å²) < 4.78 is 5.35. The van der Waals surface area contributed by atoms with Gasteiger partial charge in [-0.25, -0.2) is 4.99 Å². The molecule has 2 atom stereocenters. The van der Waals surface area contributed by atoms with Gasteiger partial charge in [0.2, 0.25) is 0 Å². The molecule has 0 amide bonds. The van der Waals surface area contributed by atoms with Crippen molar-refractivity contribution in [2.45, 2.75) is 32.7 Å². The van der Waals surface area contributed by atoms with Gasteiger partial charge in [-0.15, -0.1) is 0 Å². The van der Waals surface area contributed by atoms with Crippen LogP contribution in [-0.2, 0) is 4.74 Å². The molecule has 0 radical (unpaired) electrons. The zero-order valence-corrected chi connectivity index (χ0v) is 8.42. The van der Waals surface area contributed by atoms with Crippen LogP contribution in [0.15, 0.2) is 4.99 Å². The summed E-state index contributed by atoms with van der Waals surface area (Å²) in [6.45, 7) is 6.17. The molecule has 13 heavy (non-hydrogen) atoms. The van der Waals surface area contributed by atoms with E-state index in [9.17, 15) is 0 Å². The van der Waals surface area contributed by atoms with Gasteiger partial charge in [0.05, 0.1) is 6.54 Å². The van der Waals surface area contributed by atoms with E-state index in [1.54, 1.807) is 0 Å². The van der Waals surface area contributed by atoms with E-state index in [0.717, 1.165) is 31.0 Å². The van der Waals surface area contributed by atoms with Gasteiger partial charge in [-0.2, -0.15) is 0 Å². The summed E-state index contributed by atoms with van der Waals surface area (Å²) in [6, 6.07) is 1.34. The summed E-state index contributed by atoms with van der Waals surface area (Å²) in [5, 5.41) is 3.41. The molecular formula is C10H18N2O. The van der Waals surface area contributed by atoms with Crippen LogP contribution in [0.2, 0.25) is 0 Å². The molecule has 0 aromatic rings. The lowest BCUT2D eigenvalue weighted by Crippen LogP contribution is -2.40. The molecule has 74 valence electrons. The van der Waals surface area contributed by atoms with Crippen LogP contribution in [0.25, 0.3) is 0 Å². The molecule has 1 aliphatic heterocycles. The maximum Gasteiger partial charge on any atom is 0.285 e. The molecule has 2 rings (SSSR count). The van der Waals surface area contributed by atoms with Crippen molar-refractivity contribution in [2.24, 2.45) is 16.8 Å². The first-order valence-corrected chi connectivity index (χ1v) is 5.21. The average Bonchev–Trinajstić information content (AvgIpc) is 2.70. The zero-order chi connectivity index (χ0) is 9.26. The Morgan fingerprint density at radius 2 is 2.00 bits per heavy atom. The number of amidine groups is 1. The van der Waals surface area contributed by atoms with Gasteiger partial charge >= 0.3 is 0 Å². The second-order valence-corrected chi connectivity index (χ2v) is 4.24. The van der Waals surface area contributed by atoms with E-state index >= 15 is 0 Å². The smallest absolute Gasteiger partial charge is 0.285 e. The predicted octanol–water partition coefficient (Wildman–Crippen LogP) is 1.40. The Bertz CT molecular complexity index is 205. The van der Waals surface area contributed by atoms with E-state index in [1.807, 2.05) is 0 Å². The van der Waals surface area contributed by atoms with Crippen molar-refractivity contribution in [3.05, 3.63) is 0 Å². The van der Waals surface area contributed by atoms with Crippen LogP contribution in [0.4, 0.5) is 0 Å². The fourth-order valence-corrected chi connectivity index (χ4v) is 2.30. The number of nitrogens with one attached hydrogen (secondary N) is 1. The van der Waals surface area contributed by atoms with E-state index in [-0.39, 0.29) is 0 Å². The first-order chi connectivity index (χ1) is 6.27. The normalized spacial score (nSPS) is 34.5. The maximum absolute atomic E-state index is 5.35. The summed E-state index contributed by atoms with van der Waals surface area (Å²) >= 11 is 0. The molecule has 1 heterocycles. The molecule has 0 unspecified atom stereocenters. The molecule has 1 fully saturated rings. The largest absolute Gasteiger partial charge is 0.463 e. The van der Waals surface area contributed by atoms with Crippen molar-refractivity contribution >= 4 is 6.02 Å². The van der Waals surface area contributed by atoms with E-state index in [4.69, 9.17) is 4.74 Å². The summed E-state index contributed by atoms with van der Waals surface area (Å²) in [7, 11) is 0. The quantitative estimate of drug-likeness (QED) is 0.665. The third-order valence-corrected chi connectivity index (χ3v) is 3.18. The molecule has 3 heteroatoms. The topological polar surface area (TPSA) is 33.6 Å². The average molecular weight is 182 g/mol. The molecule has 2 aliphatic rings. The molecule has 0 aromatic carbocycles. The van der Waals surface area contributed by atoms with Crippen LogP contribution in [0.3, 0.4) is 0 Å². The van der Waals surface area contributed by atoms with Crippen LogP contribution < -0.4 is 5.32 Å². The zero-order valence-electron chi connectivity index (χ0n) is 8.42. The van der Waals surface area contributed by atoms with Gasteiger partial charge < -0.3 is 10.1 Å². The molecule has 1 N–H and O–H groups in total. The summed E-state index contributed by atoms with van der Waals surface area (Å²) in [5.41, 5.74) is 0. The highest BCUT2D eigenvalue weighted by Crippen LogP contribution is 2.30. The standard InChI is InChI=1S/C10H18N2O/c1-7-3-4-8(2)9(7)12-10-11-5-6-13-10/h7-9H,3-6H2,1-2H3,(H,11,12)/t7-,8-/m0/s1. The van der Waals surface area contributed by atoms with Gasteiger partial charge in [-0.05, 0) is 24.7 Å². The minimum absolute atomic E-state index is 0.567. The Morgan fingerprint density at radius 1 is 1.31 bits per heavy atom. The fraction of sp³-hybridized carbons (Fsp3) is 0.900. The SMILES string of the molecule is C[C@H]1CC[C@H](C)C1NC1=NCCO1. The van der Waals surface area contributed by atoms with E-state index in [2.05, 4.69) is 24.2 Å². The number of hydrogen-bond acceptors (Lipinski definition) is 3. The van der Waals surface area contributed by atoms with Gasteiger partial charge in [0.15, 0.2) is 0 Å². The number of hydrogen-bond donors (Lipinski definition) is 1. The van der Waals surface area contributed by atoms with Crippen LogP contribution in [0, 0.1) is 11.8 Å². The van der Waals surface area contributed by atoms with Crippen molar-refractivity contribution in [2.75, 3.05) is 13.2 Å². The van der Waals surface area contributed by atoms with Crippen molar-refractivity contribution in [3.63, 3.8) is 0 Å². The minimum Gasteiger partial charge on any atom is -0.463 e. The van der Waals surface area contributed by atoms with Crippen molar-refractivity contribution in [1.29, 1.82) is 0 Å². The fourth-order valence-electron chi connectivity index (χ4n) is 2.30. The highest BCUT2D eigenvalue weighted by Gasteiger charge is 2.31. The van der Waals surface area contributed by atoms with Crippen molar-refractivity contribution < 1.29 is 4.74 Å². The lowest BCUT2D eigenvalue weighted by atomic mass is 10.0. The molecule has 0 spiro atoms. The Balaban J connectivity index is 1.92. The summed E-state index contributed by atoms with van der Waals surface area (Å²) in [6.07, 6.45) is 2.65. The van der Waals surface area contributed by atoms with Crippen molar-refractivity contribution in [1.82, 2.24) is 5.32 Å². The number of rotatable bonds is 1. The van der Waals surface area contributed by atoms with Crippen molar-refractivity contribution in [3.8, 4) is 0 Å². The lowest BCUT2D eigenvalue weighted by Gasteiger charge is -2.21. The second-order valence-electron chi connectivity index (χ2n) is 4.24. The first-order valence-electron chi connectivity index (χ1n) is 5.21. The molecular weight excluding hydrogens is 164 g/mol. The third kappa shape index (κ3) is 1.79. The van der Waals surface area contributed by atoms with Gasteiger partial charge in [0.1, 0.15) is 6.61 Å². The predicted molar refractivity (Wildman–Crippen MR) is 52.7 cm³/mol. The number of aliphatic imine (C=N–C) groups is 1. The van der Waals surface area contributed by atoms with Crippen LogP contribution >= 0.6 is 0 Å². The maximum atomic E-state index is 5.35. The Hall–Kier alpha value is -0.730. The second kappa shape index (κ2) is 3.56. The van der Waals surface area contributed by atoms with Crippen LogP contribution in [0.5, 0.6) is 0 Å². The summed E-state index contributed by atoms with van der Waals surface area (Å²) in [5.74, 6) is 1.50. The van der Waals surface area contributed by atoms with Crippen LogP contribution in [0.1, 0.15) is 26.7 Å². The van der Waals surface area contributed by atoms with Gasteiger partial charge in [0.25, 0.3) is 6.02 Å². The molecule has 1 saturated carbocycles. The highest BCUT2D eigenvalue weighted by molar-refractivity contribution is 5.75. The highest BCUT2D eigenvalue weighted by atomic mass is 16.5. The Labute approximate surface area is 79.6 Å². The van der Waals surface area contributed by atoms with E-state index in [1.165, 1.54) is 12.8 Å². The molecule has 0 bridgehead atoms. The Morgan fingerprint density at radius 3 is 2.54 bits per heavy atom. The number of ether oxygens (including phenoxy) is 1. The third-order valence-electron chi connectivity index (χ3n) is 3.18.